The molecular formula is C16H15BrCl2FN. The predicted molar refractivity (Wildman–Crippen MR) is 90.5 cm³/mol. The molecular weight excluding hydrogens is 376 g/mol. The Kier molecular flexibility index (Phi) is 5.67. The maximum atomic E-state index is 13.6. The van der Waals surface area contributed by atoms with Crippen molar-refractivity contribution in [2.45, 2.75) is 25.9 Å². The van der Waals surface area contributed by atoms with E-state index in [0.717, 1.165) is 10.0 Å². The Morgan fingerprint density at radius 1 is 1.10 bits per heavy atom. The molecule has 2 aromatic rings. The zero-order chi connectivity index (χ0) is 15.6. The summed E-state index contributed by atoms with van der Waals surface area (Å²) in [4.78, 5) is 0. The molecule has 0 amide bonds. The van der Waals surface area contributed by atoms with E-state index in [1.54, 1.807) is 0 Å². The second kappa shape index (κ2) is 7.10. The van der Waals surface area contributed by atoms with E-state index in [1.165, 1.54) is 12.1 Å². The second-order valence-corrected chi connectivity index (χ2v) is 6.62. The van der Waals surface area contributed by atoms with Gasteiger partial charge in [-0.05, 0) is 43.7 Å². The van der Waals surface area contributed by atoms with Gasteiger partial charge in [-0.3, -0.25) is 0 Å². The average molecular weight is 391 g/mol. The minimum atomic E-state index is -0.458. The third-order valence-corrected chi connectivity index (χ3v) is 4.57. The maximum Gasteiger partial charge on any atom is 0.142 e. The third-order valence-electron chi connectivity index (χ3n) is 3.36. The van der Waals surface area contributed by atoms with Crippen molar-refractivity contribution < 1.29 is 4.39 Å². The molecule has 0 aliphatic carbocycles. The lowest BCUT2D eigenvalue weighted by Gasteiger charge is -2.22. The van der Waals surface area contributed by atoms with Crippen molar-refractivity contribution in [3.8, 4) is 0 Å². The lowest BCUT2D eigenvalue weighted by Crippen LogP contribution is -2.23. The summed E-state index contributed by atoms with van der Waals surface area (Å²) in [6.07, 6.45) is 0. The fourth-order valence-corrected chi connectivity index (χ4v) is 3.39. The summed E-state index contributed by atoms with van der Waals surface area (Å²) in [5, 5.41) is 3.93. The summed E-state index contributed by atoms with van der Waals surface area (Å²) in [5.74, 6) is -0.458. The fraction of sp³-hybridized carbons (Fsp3) is 0.250. The van der Waals surface area contributed by atoms with Crippen LogP contribution in [0.4, 0.5) is 4.39 Å². The van der Waals surface area contributed by atoms with Gasteiger partial charge in [0.25, 0.3) is 0 Å². The van der Waals surface area contributed by atoms with Crippen LogP contribution in [0.1, 0.15) is 37.1 Å². The summed E-state index contributed by atoms with van der Waals surface area (Å²) >= 11 is 15.6. The normalized spacial score (nSPS) is 14.0. The Balaban J connectivity index is 2.22. The molecule has 0 aliphatic rings. The van der Waals surface area contributed by atoms with Gasteiger partial charge >= 0.3 is 0 Å². The van der Waals surface area contributed by atoms with Gasteiger partial charge < -0.3 is 5.32 Å². The van der Waals surface area contributed by atoms with E-state index >= 15 is 0 Å². The highest BCUT2D eigenvalue weighted by Crippen LogP contribution is 2.33. The van der Waals surface area contributed by atoms with Gasteiger partial charge in [0.15, 0.2) is 0 Å². The highest BCUT2D eigenvalue weighted by molar-refractivity contribution is 9.10. The van der Waals surface area contributed by atoms with Crippen LogP contribution < -0.4 is 5.32 Å². The first-order valence-corrected chi connectivity index (χ1v) is 8.10. The number of rotatable bonds is 4. The van der Waals surface area contributed by atoms with Crippen LogP contribution in [0, 0.1) is 5.82 Å². The van der Waals surface area contributed by atoms with Crippen LogP contribution in [0.25, 0.3) is 0 Å². The van der Waals surface area contributed by atoms with Crippen LogP contribution >= 0.6 is 39.1 Å². The highest BCUT2D eigenvalue weighted by atomic mass is 79.9. The lowest BCUT2D eigenvalue weighted by atomic mass is 10.0. The van der Waals surface area contributed by atoms with Crippen molar-refractivity contribution in [2.24, 2.45) is 0 Å². The molecule has 112 valence electrons. The van der Waals surface area contributed by atoms with E-state index in [4.69, 9.17) is 23.2 Å². The van der Waals surface area contributed by atoms with E-state index in [9.17, 15) is 4.39 Å². The number of benzene rings is 2. The van der Waals surface area contributed by atoms with Crippen molar-refractivity contribution >= 4 is 39.1 Å². The van der Waals surface area contributed by atoms with Gasteiger partial charge in [-0.15, -0.1) is 0 Å². The Hall–Kier alpha value is -0.610. The fourth-order valence-electron chi connectivity index (χ4n) is 2.27. The van der Waals surface area contributed by atoms with Crippen molar-refractivity contribution in [3.05, 3.63) is 67.9 Å². The van der Waals surface area contributed by atoms with Gasteiger partial charge in [0.1, 0.15) is 5.82 Å². The van der Waals surface area contributed by atoms with Crippen LogP contribution in [-0.2, 0) is 0 Å². The Morgan fingerprint density at radius 2 is 1.81 bits per heavy atom. The van der Waals surface area contributed by atoms with Gasteiger partial charge in [-0.2, -0.15) is 0 Å². The molecule has 0 aromatic heterocycles. The molecule has 1 unspecified atom stereocenters. The maximum absolute atomic E-state index is 13.6. The summed E-state index contributed by atoms with van der Waals surface area (Å²) in [6, 6.07) is 10.7. The molecule has 2 aromatic carbocycles. The molecule has 0 bridgehead atoms. The highest BCUT2D eigenvalue weighted by Gasteiger charge is 2.19. The minimum Gasteiger partial charge on any atom is -0.304 e. The van der Waals surface area contributed by atoms with Gasteiger partial charge in [0, 0.05) is 27.1 Å². The molecule has 0 fully saturated rings. The Bertz CT molecular complexity index is 648. The van der Waals surface area contributed by atoms with E-state index in [2.05, 4.69) is 21.2 Å². The van der Waals surface area contributed by atoms with Crippen molar-refractivity contribution in [3.63, 3.8) is 0 Å². The molecule has 1 N–H and O–H groups in total. The van der Waals surface area contributed by atoms with E-state index < -0.39 is 5.82 Å². The molecule has 0 radical (unpaired) electrons. The zero-order valence-corrected chi connectivity index (χ0v) is 14.7. The smallest absolute Gasteiger partial charge is 0.142 e. The van der Waals surface area contributed by atoms with Crippen molar-refractivity contribution in [1.82, 2.24) is 5.32 Å². The van der Waals surface area contributed by atoms with Gasteiger partial charge in [0.2, 0.25) is 0 Å². The summed E-state index contributed by atoms with van der Waals surface area (Å²) in [5.41, 5.74) is 1.71. The second-order valence-electron chi connectivity index (χ2n) is 4.92. The number of hydrogen-bond donors (Lipinski definition) is 1. The monoisotopic (exact) mass is 389 g/mol. The third kappa shape index (κ3) is 3.98. The summed E-state index contributed by atoms with van der Waals surface area (Å²) in [6.45, 7) is 3.96. The molecule has 0 heterocycles. The first-order valence-electron chi connectivity index (χ1n) is 6.55. The predicted octanol–water partition coefficient (Wildman–Crippen LogP) is 6.31. The van der Waals surface area contributed by atoms with E-state index in [0.29, 0.717) is 10.6 Å². The molecule has 0 spiro atoms. The van der Waals surface area contributed by atoms with Crippen molar-refractivity contribution in [1.29, 1.82) is 0 Å². The minimum absolute atomic E-state index is 0.0731. The molecule has 0 saturated heterocycles. The molecule has 5 heteroatoms. The SMILES string of the molecule is CC(N[C@H](C)c1cccc(Br)c1)c1c(Cl)ccc(F)c1Cl. The van der Waals surface area contributed by atoms with Gasteiger partial charge in [-0.1, -0.05) is 51.3 Å². The molecule has 2 atom stereocenters. The Labute approximate surface area is 142 Å². The van der Waals surface area contributed by atoms with Crippen LogP contribution in [0.15, 0.2) is 40.9 Å². The summed E-state index contributed by atoms with van der Waals surface area (Å²) in [7, 11) is 0. The van der Waals surface area contributed by atoms with E-state index in [-0.39, 0.29) is 17.1 Å². The largest absolute Gasteiger partial charge is 0.304 e. The molecule has 2 rings (SSSR count). The molecule has 0 saturated carbocycles. The number of nitrogens with one attached hydrogen (secondary N) is 1. The number of hydrogen-bond acceptors (Lipinski definition) is 1. The quantitative estimate of drug-likeness (QED) is 0.603. The molecule has 0 aliphatic heterocycles. The summed E-state index contributed by atoms with van der Waals surface area (Å²) < 4.78 is 14.6. The zero-order valence-electron chi connectivity index (χ0n) is 11.6. The van der Waals surface area contributed by atoms with Crippen LogP contribution in [-0.4, -0.2) is 0 Å². The van der Waals surface area contributed by atoms with Crippen LogP contribution in [0.5, 0.6) is 0 Å². The average Bonchev–Trinajstić information content (AvgIpc) is 2.43. The first kappa shape index (κ1) is 16.8. The first-order chi connectivity index (χ1) is 9.90. The van der Waals surface area contributed by atoms with Crippen LogP contribution in [0.2, 0.25) is 10.0 Å². The Morgan fingerprint density at radius 3 is 2.48 bits per heavy atom. The van der Waals surface area contributed by atoms with Gasteiger partial charge in [-0.25, -0.2) is 4.39 Å². The molecule has 21 heavy (non-hydrogen) atoms. The van der Waals surface area contributed by atoms with Crippen LogP contribution in [0.3, 0.4) is 0 Å². The number of halogens is 4. The molecule has 1 nitrogen and oxygen atoms in total. The standard InChI is InChI=1S/C16H15BrCl2FN/c1-9(11-4-3-5-12(17)8-11)21-10(2)15-13(18)6-7-14(20)16(15)19/h3-10,21H,1-2H3/t9-,10?/m1/s1. The lowest BCUT2D eigenvalue weighted by molar-refractivity contribution is 0.492. The van der Waals surface area contributed by atoms with Crippen molar-refractivity contribution in [2.75, 3.05) is 0 Å². The van der Waals surface area contributed by atoms with E-state index in [1.807, 2.05) is 38.1 Å². The topological polar surface area (TPSA) is 12.0 Å². The van der Waals surface area contributed by atoms with Gasteiger partial charge in [0.05, 0.1) is 5.02 Å².